The second-order valence-corrected chi connectivity index (χ2v) is 6.47. The van der Waals surface area contributed by atoms with Crippen LogP contribution in [0.1, 0.15) is 23.2 Å². The lowest BCUT2D eigenvalue weighted by Crippen LogP contribution is -2.61. The molecule has 0 aromatic heterocycles. The van der Waals surface area contributed by atoms with Crippen molar-refractivity contribution in [3.63, 3.8) is 0 Å². The molecule has 102 valence electrons. The van der Waals surface area contributed by atoms with Crippen molar-refractivity contribution >= 4 is 17.7 Å². The van der Waals surface area contributed by atoms with Crippen molar-refractivity contribution in [1.82, 2.24) is 5.32 Å². The number of aliphatic hydroxyl groups is 2. The summed E-state index contributed by atoms with van der Waals surface area (Å²) in [6, 6.07) is 9.02. The topological polar surface area (TPSA) is 69.6 Å². The second kappa shape index (κ2) is 4.81. The van der Waals surface area contributed by atoms with Crippen LogP contribution in [0.4, 0.5) is 0 Å². The third-order valence-electron chi connectivity index (χ3n) is 4.07. The summed E-state index contributed by atoms with van der Waals surface area (Å²) in [4.78, 5) is 12.2. The van der Waals surface area contributed by atoms with Gasteiger partial charge in [-0.3, -0.25) is 4.79 Å². The molecule has 3 N–H and O–H groups in total. The molecule has 1 aromatic rings. The standard InChI is InChI=1S/C14H17NO3S/c16-10-6-7-14(8-19-11(10)12(14)17)15-13(18)9-4-2-1-3-5-9/h1-5,10-12,16-17H,6-8H2,(H,15,18)/t10-,11+,12+,14-/m0/s1. The number of rotatable bonds is 2. The van der Waals surface area contributed by atoms with E-state index < -0.39 is 17.7 Å². The highest BCUT2D eigenvalue weighted by atomic mass is 32.2. The van der Waals surface area contributed by atoms with Crippen molar-refractivity contribution in [2.24, 2.45) is 0 Å². The van der Waals surface area contributed by atoms with Gasteiger partial charge in [0.05, 0.1) is 23.0 Å². The lowest BCUT2D eigenvalue weighted by atomic mass is 9.79. The predicted molar refractivity (Wildman–Crippen MR) is 74.1 cm³/mol. The summed E-state index contributed by atoms with van der Waals surface area (Å²) in [5.41, 5.74) is 0.0187. The molecule has 3 rings (SSSR count). The van der Waals surface area contributed by atoms with E-state index in [9.17, 15) is 15.0 Å². The SMILES string of the molecule is O=C(N[C@@]12CC[C@H](O)[C@@H](SC1)[C@H]2O)c1ccccc1. The molecule has 1 aliphatic heterocycles. The van der Waals surface area contributed by atoms with Crippen molar-refractivity contribution in [3.8, 4) is 0 Å². The van der Waals surface area contributed by atoms with Gasteiger partial charge in [0.2, 0.25) is 0 Å². The van der Waals surface area contributed by atoms with Gasteiger partial charge in [0, 0.05) is 11.3 Å². The first-order valence-electron chi connectivity index (χ1n) is 6.48. The quantitative estimate of drug-likeness (QED) is 0.748. The Hall–Kier alpha value is -1.04. The summed E-state index contributed by atoms with van der Waals surface area (Å²) < 4.78 is 0. The van der Waals surface area contributed by atoms with E-state index >= 15 is 0 Å². The van der Waals surface area contributed by atoms with Crippen LogP contribution in [-0.4, -0.2) is 44.9 Å². The molecule has 0 unspecified atom stereocenters. The lowest BCUT2D eigenvalue weighted by molar-refractivity contribution is -0.00240. The molecular weight excluding hydrogens is 262 g/mol. The molecule has 1 saturated heterocycles. The molecule has 1 saturated carbocycles. The van der Waals surface area contributed by atoms with Crippen LogP contribution in [0.25, 0.3) is 0 Å². The van der Waals surface area contributed by atoms with E-state index in [0.717, 1.165) is 0 Å². The van der Waals surface area contributed by atoms with Gasteiger partial charge in [-0.15, -0.1) is 0 Å². The maximum absolute atomic E-state index is 12.2. The smallest absolute Gasteiger partial charge is 0.251 e. The molecule has 19 heavy (non-hydrogen) atoms. The first-order chi connectivity index (χ1) is 9.12. The number of carbonyl (C=O) groups is 1. The Morgan fingerprint density at radius 1 is 1.32 bits per heavy atom. The van der Waals surface area contributed by atoms with Crippen LogP contribution < -0.4 is 5.32 Å². The molecule has 4 nitrogen and oxygen atoms in total. The minimum absolute atomic E-state index is 0.155. The van der Waals surface area contributed by atoms with Crippen molar-refractivity contribution in [2.75, 3.05) is 5.75 Å². The van der Waals surface area contributed by atoms with Gasteiger partial charge in [0.15, 0.2) is 0 Å². The number of benzene rings is 1. The summed E-state index contributed by atoms with van der Waals surface area (Å²) >= 11 is 1.55. The number of aliphatic hydroxyl groups excluding tert-OH is 2. The van der Waals surface area contributed by atoms with E-state index in [1.165, 1.54) is 0 Å². The zero-order valence-corrected chi connectivity index (χ0v) is 11.3. The average Bonchev–Trinajstić information content (AvgIpc) is 2.64. The highest BCUT2D eigenvalue weighted by molar-refractivity contribution is 8.00. The van der Waals surface area contributed by atoms with E-state index in [-0.39, 0.29) is 11.2 Å². The number of thioether (sulfide) groups is 1. The van der Waals surface area contributed by atoms with Crippen molar-refractivity contribution in [2.45, 2.75) is 35.8 Å². The van der Waals surface area contributed by atoms with Gasteiger partial charge >= 0.3 is 0 Å². The Kier molecular flexibility index (Phi) is 3.28. The fraction of sp³-hybridized carbons (Fsp3) is 0.500. The van der Waals surface area contributed by atoms with Crippen LogP contribution in [0.5, 0.6) is 0 Å². The van der Waals surface area contributed by atoms with Gasteiger partial charge in [0.1, 0.15) is 0 Å². The van der Waals surface area contributed by atoms with Gasteiger partial charge in [-0.05, 0) is 25.0 Å². The number of fused-ring (bicyclic) bond motifs is 2. The zero-order chi connectivity index (χ0) is 13.5. The third kappa shape index (κ3) is 2.16. The average molecular weight is 279 g/mol. The zero-order valence-electron chi connectivity index (χ0n) is 10.5. The van der Waals surface area contributed by atoms with E-state index in [1.807, 2.05) is 18.2 Å². The highest BCUT2D eigenvalue weighted by Gasteiger charge is 2.54. The fourth-order valence-corrected chi connectivity index (χ4v) is 4.59. The molecule has 0 radical (unpaired) electrons. The normalized spacial score (nSPS) is 37.1. The number of hydrogen-bond acceptors (Lipinski definition) is 4. The van der Waals surface area contributed by atoms with E-state index in [1.54, 1.807) is 23.9 Å². The van der Waals surface area contributed by atoms with Crippen LogP contribution in [-0.2, 0) is 0 Å². The van der Waals surface area contributed by atoms with Crippen molar-refractivity contribution < 1.29 is 15.0 Å². The Morgan fingerprint density at radius 3 is 2.79 bits per heavy atom. The number of hydrogen-bond donors (Lipinski definition) is 3. The number of amides is 1. The van der Waals surface area contributed by atoms with E-state index in [2.05, 4.69) is 5.32 Å². The monoisotopic (exact) mass is 279 g/mol. The van der Waals surface area contributed by atoms with Crippen molar-refractivity contribution in [3.05, 3.63) is 35.9 Å². The second-order valence-electron chi connectivity index (χ2n) is 5.30. The summed E-state index contributed by atoms with van der Waals surface area (Å²) in [6.45, 7) is 0. The van der Waals surface area contributed by atoms with E-state index in [4.69, 9.17) is 0 Å². The maximum atomic E-state index is 12.2. The Bertz CT molecular complexity index is 481. The first-order valence-corrected chi connectivity index (χ1v) is 7.53. The van der Waals surface area contributed by atoms with Gasteiger partial charge in [0.25, 0.3) is 5.91 Å². The highest BCUT2D eigenvalue weighted by Crippen LogP contribution is 2.45. The Morgan fingerprint density at radius 2 is 2.05 bits per heavy atom. The Labute approximate surface area is 116 Å². The molecule has 2 bridgehead atoms. The fourth-order valence-electron chi connectivity index (χ4n) is 2.91. The van der Waals surface area contributed by atoms with E-state index in [0.29, 0.717) is 24.2 Å². The predicted octanol–water partition coefficient (Wildman–Crippen LogP) is 0.786. The summed E-state index contributed by atoms with van der Waals surface area (Å²) in [6.07, 6.45) is 0.111. The first kappa shape index (κ1) is 13.0. The maximum Gasteiger partial charge on any atom is 0.251 e. The Balaban J connectivity index is 1.78. The lowest BCUT2D eigenvalue weighted by Gasteiger charge is -2.39. The molecule has 2 aliphatic rings. The largest absolute Gasteiger partial charge is 0.392 e. The van der Waals surface area contributed by atoms with Gasteiger partial charge in [-0.25, -0.2) is 0 Å². The van der Waals surface area contributed by atoms with Gasteiger partial charge in [-0.1, -0.05) is 18.2 Å². The van der Waals surface area contributed by atoms with Crippen molar-refractivity contribution in [1.29, 1.82) is 0 Å². The third-order valence-corrected chi connectivity index (χ3v) is 5.71. The minimum atomic E-state index is -0.672. The molecule has 1 amide bonds. The number of nitrogens with one attached hydrogen (secondary N) is 1. The van der Waals surface area contributed by atoms with Crippen LogP contribution in [0, 0.1) is 0 Å². The van der Waals surface area contributed by atoms with Crippen LogP contribution >= 0.6 is 11.8 Å². The number of carbonyl (C=O) groups excluding carboxylic acids is 1. The molecule has 4 atom stereocenters. The molecule has 1 aliphatic carbocycles. The summed E-state index contributed by atoms with van der Waals surface area (Å²) in [5.74, 6) is 0.506. The minimum Gasteiger partial charge on any atom is -0.392 e. The molecule has 1 heterocycles. The van der Waals surface area contributed by atoms with Crippen LogP contribution in [0.2, 0.25) is 0 Å². The molecule has 2 fully saturated rings. The molecule has 5 heteroatoms. The van der Waals surface area contributed by atoms with Gasteiger partial charge in [-0.2, -0.15) is 11.8 Å². The summed E-state index contributed by atoms with van der Waals surface area (Å²) in [7, 11) is 0. The molecule has 0 spiro atoms. The molecular formula is C14H17NO3S. The molecule has 1 aromatic carbocycles. The van der Waals surface area contributed by atoms with Crippen LogP contribution in [0.3, 0.4) is 0 Å². The van der Waals surface area contributed by atoms with Gasteiger partial charge < -0.3 is 15.5 Å². The summed E-state index contributed by atoms with van der Waals surface area (Å²) in [5, 5.41) is 23.0. The van der Waals surface area contributed by atoms with Crippen LogP contribution in [0.15, 0.2) is 30.3 Å².